The zero-order valence-corrected chi connectivity index (χ0v) is 61.1. The van der Waals surface area contributed by atoms with E-state index in [2.05, 4.69) is 16.0 Å². The number of carbonyl (C=O) groups excluding carboxylic acids is 12. The van der Waals surface area contributed by atoms with E-state index in [0.717, 1.165) is 9.80 Å². The molecule has 0 aromatic heterocycles. The minimum Gasteiger partial charge on any atom is -0.379 e. The summed E-state index contributed by atoms with van der Waals surface area (Å²) in [6.45, 7) is 14.4. The summed E-state index contributed by atoms with van der Waals surface area (Å²) in [7, 11) is 8.44. The summed E-state index contributed by atoms with van der Waals surface area (Å²) in [4.78, 5) is 190. The number of nitrogens with zero attached hydrogens (tertiary/aromatic N) is 9. The molecule has 6 fully saturated rings. The number of nitrogens with one attached hydrogen (secondary N) is 3. The molecular formula is C69H112ClF3N12O13. The van der Waals surface area contributed by atoms with Gasteiger partial charge in [-0.25, -0.2) is 0 Å². The van der Waals surface area contributed by atoms with Gasteiger partial charge in [-0.1, -0.05) is 74.1 Å². The molecule has 98 heavy (non-hydrogen) atoms. The maximum atomic E-state index is 15.5. The lowest BCUT2D eigenvalue weighted by atomic mass is 9.78. The van der Waals surface area contributed by atoms with Crippen LogP contribution < -0.4 is 16.0 Å². The Morgan fingerprint density at radius 3 is 1.85 bits per heavy atom. The Balaban J connectivity index is 1.42. The molecule has 1 spiro atoms. The lowest BCUT2D eigenvalue weighted by molar-refractivity contribution is -0.182. The monoisotopic (exact) mass is 1410 g/mol. The van der Waals surface area contributed by atoms with E-state index in [1.807, 2.05) is 34.6 Å². The van der Waals surface area contributed by atoms with Crippen LogP contribution in [0.2, 0.25) is 0 Å². The first kappa shape index (κ1) is 80.7. The number of likely N-dealkylation sites (tertiary alicyclic amines) is 1. The fourth-order valence-corrected chi connectivity index (χ4v) is 15.5. The Morgan fingerprint density at radius 1 is 0.643 bits per heavy atom. The SMILES string of the molecule is CCCOC[C@H]1C(=O)N(C)CC(=O)N[C@@H](CCC2CCC(C(F)(F)F)C(Cl)C2)C(=O)N2CCC[C@H]2C(=O)NC2(CCCC2)C(=O)N(C)[C@@H]([C@@H](C)CC)C(=O)N(C)[C@H](C(=O)N2CCCC2)CC(=O)N(C)[C@@H](CC(C)C)C(=O)N[C@@H]([C@@H](C)CC)C(=O)N(C)[C@@H](C)C(=O)N2CC[C@H]2C(=O)N1C. The van der Waals surface area contributed by atoms with Gasteiger partial charge in [0.25, 0.3) is 0 Å². The third kappa shape index (κ3) is 19.0. The molecule has 4 aliphatic heterocycles. The topological polar surface area (TPSA) is 279 Å². The number of hydrogen-bond acceptors (Lipinski definition) is 13. The molecule has 3 unspecified atom stereocenters. The zero-order valence-electron chi connectivity index (χ0n) is 60.4. The van der Waals surface area contributed by atoms with Crippen LogP contribution in [0.25, 0.3) is 0 Å². The number of hydrogen-bond donors (Lipinski definition) is 3. The molecule has 6 aliphatic rings. The van der Waals surface area contributed by atoms with Gasteiger partial charge in [0.1, 0.15) is 59.9 Å². The van der Waals surface area contributed by atoms with Crippen molar-refractivity contribution in [1.82, 2.24) is 60.0 Å². The van der Waals surface area contributed by atoms with E-state index in [1.54, 1.807) is 18.7 Å². The van der Waals surface area contributed by atoms with Crippen LogP contribution in [0.1, 0.15) is 177 Å². The molecule has 14 atom stereocenters. The van der Waals surface area contributed by atoms with E-state index < -0.39 is 173 Å². The standard InChI is InChI=1S/C69H112ClF3N12O13/c1-15-35-98-40-53-62(92)77(9)39-54(86)74-48(27-25-45-24-26-46(47(70)37-45)69(71,72)73)61(91)84-33-22-23-49(84)59(89)76-68(29-18-19-30-68)67(97)82(14)57(43(7)17-3)66(96)80(12)52(64(94)83-31-20-21-32-83)38-55(87)79(11)51(36-41(4)5)58(88)75-56(42(6)16-2)65(95)78(10)44(8)60(90)85-34-28-50(85)63(93)81(53)13/h41-53,56-57H,15-40H2,1-14H3,(H,74,86)(H,75,88)(H,76,89)/t42-,43-,44-,45?,46?,47?,48-,49-,50-,51-,52-,53-,56-,57-/m0/s1. The molecule has 25 nitrogen and oxygen atoms in total. The Labute approximate surface area is 582 Å². The fraction of sp³-hybridized carbons (Fsp3) is 0.826. The van der Waals surface area contributed by atoms with Gasteiger partial charge in [0, 0.05) is 80.4 Å². The third-order valence-electron chi connectivity index (χ3n) is 21.9. The third-order valence-corrected chi connectivity index (χ3v) is 22.4. The smallest absolute Gasteiger partial charge is 0.379 e. The van der Waals surface area contributed by atoms with Crippen molar-refractivity contribution in [2.45, 2.75) is 249 Å². The largest absolute Gasteiger partial charge is 0.393 e. The molecule has 6 rings (SSSR count). The van der Waals surface area contributed by atoms with Gasteiger partial charge >= 0.3 is 6.18 Å². The fourth-order valence-electron chi connectivity index (χ4n) is 15.0. The Bertz CT molecular complexity index is 2860. The van der Waals surface area contributed by atoms with Gasteiger partial charge in [0.15, 0.2) is 0 Å². The van der Waals surface area contributed by atoms with Crippen LogP contribution in [0.3, 0.4) is 0 Å². The van der Waals surface area contributed by atoms with Crippen molar-refractivity contribution in [3.8, 4) is 0 Å². The highest BCUT2D eigenvalue weighted by atomic mass is 35.5. The van der Waals surface area contributed by atoms with Gasteiger partial charge in [0.05, 0.1) is 25.5 Å². The van der Waals surface area contributed by atoms with Crippen LogP contribution in [0, 0.1) is 29.6 Å². The van der Waals surface area contributed by atoms with E-state index in [1.165, 1.54) is 78.6 Å². The normalized spacial score (nSPS) is 30.4. The Kier molecular flexibility index (Phi) is 29.1. The van der Waals surface area contributed by atoms with Crippen molar-refractivity contribution < 1.29 is 75.4 Å². The first-order chi connectivity index (χ1) is 46.1. The summed E-state index contributed by atoms with van der Waals surface area (Å²) in [5.41, 5.74) is -1.57. The lowest BCUT2D eigenvalue weighted by Crippen LogP contribution is -2.65. The van der Waals surface area contributed by atoms with E-state index in [0.29, 0.717) is 64.5 Å². The van der Waals surface area contributed by atoms with E-state index >= 15 is 19.2 Å². The number of fused-ring (bicyclic) bond motifs is 2. The average molecular weight is 1410 g/mol. The molecule has 4 heterocycles. The number of carbonyl (C=O) groups is 12. The van der Waals surface area contributed by atoms with Crippen molar-refractivity contribution in [2.24, 2.45) is 29.6 Å². The first-order valence-corrected chi connectivity index (χ1v) is 36.2. The number of likely N-dealkylation sites (N-methyl/N-ethyl adjacent to an activating group) is 6. The van der Waals surface area contributed by atoms with Crippen LogP contribution in [-0.2, 0) is 62.3 Å². The van der Waals surface area contributed by atoms with E-state index in [-0.39, 0.29) is 102 Å². The summed E-state index contributed by atoms with van der Waals surface area (Å²) in [6, 6.07) is -11.2. The summed E-state index contributed by atoms with van der Waals surface area (Å²) < 4.78 is 47.8. The molecule has 0 aromatic carbocycles. The Hall–Kier alpha value is -6.32. The molecule has 2 aliphatic carbocycles. The highest BCUT2D eigenvalue weighted by molar-refractivity contribution is 6.21. The highest BCUT2D eigenvalue weighted by Gasteiger charge is 2.52. The van der Waals surface area contributed by atoms with Gasteiger partial charge in [-0.05, 0) is 120 Å². The number of ether oxygens (including phenoxy) is 1. The predicted molar refractivity (Wildman–Crippen MR) is 360 cm³/mol. The number of rotatable bonds is 14. The number of halogens is 4. The summed E-state index contributed by atoms with van der Waals surface area (Å²) in [6.07, 6.45) is -0.264. The van der Waals surface area contributed by atoms with Crippen molar-refractivity contribution >= 4 is 82.5 Å². The van der Waals surface area contributed by atoms with Crippen LogP contribution in [0.15, 0.2) is 0 Å². The van der Waals surface area contributed by atoms with E-state index in [9.17, 15) is 51.5 Å². The molecule has 4 saturated heterocycles. The molecule has 2 saturated carbocycles. The second kappa shape index (κ2) is 35.3. The minimum atomic E-state index is -4.52. The average Bonchev–Trinajstić information content (AvgIpc) is 1.32. The molecule has 0 radical (unpaired) electrons. The van der Waals surface area contributed by atoms with Gasteiger partial charge in [-0.15, -0.1) is 11.6 Å². The van der Waals surface area contributed by atoms with Gasteiger partial charge in [-0.2, -0.15) is 13.2 Å². The second-order valence-electron chi connectivity index (χ2n) is 29.2. The predicted octanol–water partition coefficient (Wildman–Crippen LogP) is 4.55. The molecule has 0 aromatic rings. The maximum Gasteiger partial charge on any atom is 0.393 e. The van der Waals surface area contributed by atoms with Gasteiger partial charge in [-0.3, -0.25) is 57.5 Å². The van der Waals surface area contributed by atoms with Gasteiger partial charge in [0.2, 0.25) is 70.9 Å². The Morgan fingerprint density at radius 2 is 1.28 bits per heavy atom. The first-order valence-electron chi connectivity index (χ1n) is 35.7. The maximum absolute atomic E-state index is 15.5. The molecule has 29 heteroatoms. The van der Waals surface area contributed by atoms with E-state index in [4.69, 9.17) is 16.3 Å². The number of alkyl halides is 4. The van der Waals surface area contributed by atoms with Gasteiger partial charge < -0.3 is 64.8 Å². The quantitative estimate of drug-likeness (QED) is 0.159. The van der Waals surface area contributed by atoms with Crippen molar-refractivity contribution in [3.05, 3.63) is 0 Å². The summed E-state index contributed by atoms with van der Waals surface area (Å²) in [5, 5.41) is 7.51. The zero-order chi connectivity index (χ0) is 73.0. The molecule has 554 valence electrons. The molecular weight excluding hydrogens is 1300 g/mol. The van der Waals surface area contributed by atoms with Crippen LogP contribution in [0.4, 0.5) is 13.2 Å². The summed E-state index contributed by atoms with van der Waals surface area (Å²) >= 11 is 6.38. The van der Waals surface area contributed by atoms with Crippen molar-refractivity contribution in [2.75, 3.05) is 88.2 Å². The lowest BCUT2D eigenvalue weighted by Gasteiger charge is -2.45. The van der Waals surface area contributed by atoms with Crippen LogP contribution in [-0.4, -0.2) is 275 Å². The molecule has 12 amide bonds. The number of amides is 12. The van der Waals surface area contributed by atoms with Crippen LogP contribution >= 0.6 is 11.6 Å². The molecule has 0 bridgehead atoms. The molecule has 3 N–H and O–H groups in total. The highest BCUT2D eigenvalue weighted by Crippen LogP contribution is 2.44. The second-order valence-corrected chi connectivity index (χ2v) is 29.7. The summed E-state index contributed by atoms with van der Waals surface area (Å²) in [5.74, 6) is -11.2. The van der Waals surface area contributed by atoms with Crippen LogP contribution in [0.5, 0.6) is 0 Å². The minimum absolute atomic E-state index is 0.0135. The van der Waals surface area contributed by atoms with Crippen molar-refractivity contribution in [3.63, 3.8) is 0 Å². The van der Waals surface area contributed by atoms with Crippen molar-refractivity contribution in [1.29, 1.82) is 0 Å².